The van der Waals surface area contributed by atoms with Crippen LogP contribution in [0.2, 0.25) is 0 Å². The van der Waals surface area contributed by atoms with E-state index in [1.54, 1.807) is 0 Å². The van der Waals surface area contributed by atoms with Crippen LogP contribution in [-0.2, 0) is 19.6 Å². The van der Waals surface area contributed by atoms with Crippen LogP contribution >= 0.6 is 0 Å². The van der Waals surface area contributed by atoms with Crippen LogP contribution in [0.5, 0.6) is 0 Å². The Bertz CT molecular complexity index is 395. The highest BCUT2D eigenvalue weighted by Crippen LogP contribution is 2.62. The Morgan fingerprint density at radius 1 is 1.38 bits per heavy atom. The number of esters is 1. The van der Waals surface area contributed by atoms with Gasteiger partial charge < -0.3 is 4.74 Å². The molecule has 2 N–H and O–H groups in total. The van der Waals surface area contributed by atoms with Crippen LogP contribution in [0.15, 0.2) is 0 Å². The molecule has 0 aliphatic heterocycles. The third kappa shape index (κ3) is 1.96. The third-order valence-corrected chi connectivity index (χ3v) is 5.47. The monoisotopic (exact) mass is 247 g/mol. The van der Waals surface area contributed by atoms with Gasteiger partial charge in [0, 0.05) is 0 Å². The van der Waals surface area contributed by atoms with Crippen LogP contribution in [-0.4, -0.2) is 26.7 Å². The molecule has 2 aliphatic rings. The predicted octanol–water partition coefficient (Wildman–Crippen LogP) is 0.397. The van der Waals surface area contributed by atoms with E-state index in [1.807, 2.05) is 0 Å². The lowest BCUT2D eigenvalue weighted by Crippen LogP contribution is -2.33. The van der Waals surface area contributed by atoms with Gasteiger partial charge in [0.1, 0.15) is 0 Å². The lowest BCUT2D eigenvalue weighted by atomic mass is 9.84. The molecular formula is C10H17NO4S. The highest BCUT2D eigenvalue weighted by molar-refractivity contribution is 7.89. The van der Waals surface area contributed by atoms with Gasteiger partial charge in [-0.1, -0.05) is 0 Å². The molecule has 0 aromatic heterocycles. The Morgan fingerprint density at radius 2 is 1.94 bits per heavy atom. The van der Waals surface area contributed by atoms with Gasteiger partial charge in [-0.3, -0.25) is 4.79 Å². The number of carbonyl (C=O) groups is 1. The zero-order valence-electron chi connectivity index (χ0n) is 9.31. The van der Waals surface area contributed by atoms with E-state index in [2.05, 4.69) is 0 Å². The molecule has 0 bridgehead atoms. The molecule has 2 fully saturated rings. The van der Waals surface area contributed by atoms with Gasteiger partial charge in [0.2, 0.25) is 10.0 Å². The standard InChI is InChI=1S/C10H17NO4S/c1-15-9(12)8-6-10(8)4-2-7(3-5-10)16(11,13)14/h7-8H,2-6H2,1H3,(H2,11,13,14). The molecule has 2 aliphatic carbocycles. The third-order valence-electron chi connectivity index (χ3n) is 4.07. The summed E-state index contributed by atoms with van der Waals surface area (Å²) >= 11 is 0. The summed E-state index contributed by atoms with van der Waals surface area (Å²) in [7, 11) is -2.01. The molecule has 0 saturated heterocycles. The molecule has 0 heterocycles. The summed E-state index contributed by atoms with van der Waals surface area (Å²) in [5.41, 5.74) is 0.0221. The molecule has 2 saturated carbocycles. The summed E-state index contributed by atoms with van der Waals surface area (Å²) < 4.78 is 27.1. The summed E-state index contributed by atoms with van der Waals surface area (Å²) in [5.74, 6) is -0.173. The number of hydrogen-bond acceptors (Lipinski definition) is 4. The van der Waals surface area contributed by atoms with E-state index in [9.17, 15) is 13.2 Å². The van der Waals surface area contributed by atoms with Gasteiger partial charge in [-0.25, -0.2) is 13.6 Å². The summed E-state index contributed by atoms with van der Waals surface area (Å²) in [6.07, 6.45) is 3.54. The molecule has 1 spiro atoms. The smallest absolute Gasteiger partial charge is 0.309 e. The Kier molecular flexibility index (Phi) is 2.74. The molecule has 0 aromatic rings. The molecule has 2 rings (SSSR count). The van der Waals surface area contributed by atoms with Gasteiger partial charge in [0.25, 0.3) is 0 Å². The van der Waals surface area contributed by atoms with Crippen molar-refractivity contribution in [2.45, 2.75) is 37.4 Å². The fraction of sp³-hybridized carbons (Fsp3) is 0.900. The molecule has 0 radical (unpaired) electrons. The van der Waals surface area contributed by atoms with Gasteiger partial charge in [0.05, 0.1) is 18.3 Å². The Hall–Kier alpha value is -0.620. The zero-order chi connectivity index (χ0) is 12.0. The Balaban J connectivity index is 1.95. The number of hydrogen-bond donors (Lipinski definition) is 1. The molecular weight excluding hydrogens is 230 g/mol. The van der Waals surface area contributed by atoms with E-state index < -0.39 is 15.3 Å². The van der Waals surface area contributed by atoms with Crippen LogP contribution in [0.3, 0.4) is 0 Å². The zero-order valence-corrected chi connectivity index (χ0v) is 10.1. The summed E-state index contributed by atoms with van der Waals surface area (Å²) in [5, 5.41) is 4.70. The van der Waals surface area contributed by atoms with Crippen LogP contribution in [0, 0.1) is 11.3 Å². The summed E-state index contributed by atoms with van der Waals surface area (Å²) in [6.45, 7) is 0. The van der Waals surface area contributed by atoms with E-state index in [4.69, 9.17) is 9.88 Å². The fourth-order valence-electron chi connectivity index (χ4n) is 2.87. The van der Waals surface area contributed by atoms with Gasteiger partial charge in [-0.05, 0) is 37.5 Å². The van der Waals surface area contributed by atoms with Gasteiger partial charge in [0.15, 0.2) is 0 Å². The number of methoxy groups -OCH3 is 1. The molecule has 92 valence electrons. The van der Waals surface area contributed by atoms with Crippen molar-refractivity contribution in [3.63, 3.8) is 0 Å². The number of ether oxygens (including phenoxy) is 1. The van der Waals surface area contributed by atoms with Crippen molar-refractivity contribution in [3.8, 4) is 0 Å². The fourth-order valence-corrected chi connectivity index (χ4v) is 3.76. The van der Waals surface area contributed by atoms with E-state index in [-0.39, 0.29) is 17.3 Å². The molecule has 6 heteroatoms. The lowest BCUT2D eigenvalue weighted by Gasteiger charge is -2.27. The Morgan fingerprint density at radius 3 is 2.38 bits per heavy atom. The second kappa shape index (κ2) is 3.70. The van der Waals surface area contributed by atoms with Crippen LogP contribution in [0.1, 0.15) is 32.1 Å². The number of sulfonamides is 1. The molecule has 16 heavy (non-hydrogen) atoms. The van der Waals surface area contributed by atoms with Crippen molar-refractivity contribution in [3.05, 3.63) is 0 Å². The SMILES string of the molecule is COC(=O)C1CC12CCC(S(N)(=O)=O)CC2. The first-order valence-electron chi connectivity index (χ1n) is 5.48. The van der Waals surface area contributed by atoms with Crippen LogP contribution in [0.25, 0.3) is 0 Å². The highest BCUT2D eigenvalue weighted by Gasteiger charge is 2.59. The van der Waals surface area contributed by atoms with E-state index in [0.29, 0.717) is 12.8 Å². The van der Waals surface area contributed by atoms with Crippen molar-refractivity contribution in [2.24, 2.45) is 16.5 Å². The first-order chi connectivity index (χ1) is 7.39. The number of carbonyl (C=O) groups excluding carboxylic acids is 1. The predicted molar refractivity (Wildman–Crippen MR) is 57.9 cm³/mol. The molecule has 0 amide bonds. The van der Waals surface area contributed by atoms with E-state index in [0.717, 1.165) is 19.3 Å². The quantitative estimate of drug-likeness (QED) is 0.715. The van der Waals surface area contributed by atoms with Gasteiger partial charge >= 0.3 is 5.97 Å². The number of rotatable bonds is 2. The highest BCUT2D eigenvalue weighted by atomic mass is 32.2. The van der Waals surface area contributed by atoms with Crippen molar-refractivity contribution < 1.29 is 17.9 Å². The second-order valence-corrected chi connectivity index (χ2v) is 6.78. The average Bonchev–Trinajstić information content (AvgIpc) is 2.90. The van der Waals surface area contributed by atoms with Crippen molar-refractivity contribution in [1.29, 1.82) is 0 Å². The molecule has 1 unspecified atom stereocenters. The van der Waals surface area contributed by atoms with Crippen LogP contribution in [0.4, 0.5) is 0 Å². The molecule has 1 atom stereocenters. The maximum Gasteiger partial charge on any atom is 0.309 e. The van der Waals surface area contributed by atoms with Crippen molar-refractivity contribution in [1.82, 2.24) is 0 Å². The minimum Gasteiger partial charge on any atom is -0.469 e. The van der Waals surface area contributed by atoms with Gasteiger partial charge in [-0.15, -0.1) is 0 Å². The Labute approximate surface area is 95.4 Å². The normalized spacial score (nSPS) is 38.4. The van der Waals surface area contributed by atoms with E-state index >= 15 is 0 Å². The van der Waals surface area contributed by atoms with Crippen molar-refractivity contribution in [2.75, 3.05) is 7.11 Å². The van der Waals surface area contributed by atoms with Crippen LogP contribution < -0.4 is 5.14 Å². The lowest BCUT2D eigenvalue weighted by molar-refractivity contribution is -0.143. The first-order valence-corrected chi connectivity index (χ1v) is 7.09. The largest absolute Gasteiger partial charge is 0.469 e. The van der Waals surface area contributed by atoms with Crippen molar-refractivity contribution >= 4 is 16.0 Å². The number of nitrogens with two attached hydrogens (primary N) is 1. The summed E-state index contributed by atoms with van der Waals surface area (Å²) in [6, 6.07) is 0. The minimum atomic E-state index is -3.41. The molecule has 5 nitrogen and oxygen atoms in total. The first kappa shape index (κ1) is 11.9. The second-order valence-electron chi connectivity index (χ2n) is 4.93. The maximum atomic E-state index is 11.4. The number of primary sulfonamides is 1. The van der Waals surface area contributed by atoms with Gasteiger partial charge in [-0.2, -0.15) is 0 Å². The topological polar surface area (TPSA) is 86.5 Å². The maximum absolute atomic E-state index is 11.4. The van der Waals surface area contributed by atoms with E-state index in [1.165, 1.54) is 7.11 Å². The molecule has 0 aromatic carbocycles. The summed E-state index contributed by atoms with van der Waals surface area (Å²) in [4.78, 5) is 11.4. The minimum absolute atomic E-state index is 0.0149. The average molecular weight is 247 g/mol.